The third-order valence-corrected chi connectivity index (χ3v) is 6.42. The molecule has 11 heteroatoms. The van der Waals surface area contributed by atoms with Crippen molar-refractivity contribution in [2.75, 3.05) is 18.8 Å². The molecule has 198 valence electrons. The molecule has 39 heavy (non-hydrogen) atoms. The summed E-state index contributed by atoms with van der Waals surface area (Å²) >= 11 is 0. The number of carbonyl (C=O) groups excluding carboxylic acids is 2. The Kier molecular flexibility index (Phi) is 6.65. The molecule has 0 atom stereocenters. The number of anilines is 1. The van der Waals surface area contributed by atoms with Crippen molar-refractivity contribution in [2.45, 2.75) is 12.6 Å². The highest BCUT2D eigenvalue weighted by Crippen LogP contribution is 2.28. The Morgan fingerprint density at radius 3 is 2.36 bits per heavy atom. The molecule has 1 aliphatic rings. The van der Waals surface area contributed by atoms with E-state index in [9.17, 15) is 27.6 Å². The van der Waals surface area contributed by atoms with E-state index < -0.39 is 17.7 Å². The number of fused-ring (bicyclic) bond motifs is 1. The van der Waals surface area contributed by atoms with Crippen molar-refractivity contribution in [3.63, 3.8) is 0 Å². The number of benzene rings is 2. The molecule has 0 saturated heterocycles. The molecule has 2 aromatic heterocycles. The zero-order chi connectivity index (χ0) is 27.7. The van der Waals surface area contributed by atoms with E-state index in [-0.39, 0.29) is 10.6 Å². The van der Waals surface area contributed by atoms with Crippen LogP contribution in [-0.4, -0.2) is 45.8 Å². The number of amides is 1. The van der Waals surface area contributed by atoms with Crippen LogP contribution in [0.5, 0.6) is 0 Å². The number of nitrogens with zero attached hydrogens (tertiary/aromatic N) is 3. The topological polar surface area (TPSA) is 108 Å². The number of rotatable bonds is 4. The number of hydrogen-bond acceptors (Lipinski definition) is 6. The second-order valence-electron chi connectivity index (χ2n) is 8.90. The standard InChI is InChI=1S/C28H21F3N4O4/c29-28(30,31)27(38)39-35-16-22(7-8-24(35)36)17-1-4-20(5-2-17)26(37)34-13-10-18(11-14-34)21-6-3-19-9-12-33-25(32)23(19)15-21/h1-10,12,15-16H,11,13-14H2,(H2,32,33). The van der Waals surface area contributed by atoms with Crippen LogP contribution in [0.15, 0.2) is 83.9 Å². The first-order valence-electron chi connectivity index (χ1n) is 11.9. The lowest BCUT2D eigenvalue weighted by Crippen LogP contribution is -2.37. The minimum atomic E-state index is -5.25. The van der Waals surface area contributed by atoms with Gasteiger partial charge in [-0.1, -0.05) is 30.3 Å². The molecule has 3 heterocycles. The van der Waals surface area contributed by atoms with Crippen molar-refractivity contribution < 1.29 is 27.6 Å². The van der Waals surface area contributed by atoms with Gasteiger partial charge in [0.1, 0.15) is 5.82 Å². The van der Waals surface area contributed by atoms with Gasteiger partial charge >= 0.3 is 12.1 Å². The van der Waals surface area contributed by atoms with Gasteiger partial charge < -0.3 is 15.5 Å². The molecule has 0 aliphatic carbocycles. The van der Waals surface area contributed by atoms with E-state index in [0.717, 1.165) is 34.2 Å². The molecule has 0 saturated carbocycles. The zero-order valence-electron chi connectivity index (χ0n) is 20.3. The normalized spacial score (nSPS) is 13.7. The molecular weight excluding hydrogens is 513 g/mol. The first-order chi connectivity index (χ1) is 18.6. The van der Waals surface area contributed by atoms with Gasteiger partial charge in [0.05, 0.1) is 6.20 Å². The average molecular weight is 534 g/mol. The molecule has 5 rings (SSSR count). The smallest absolute Gasteiger partial charge is 0.383 e. The van der Waals surface area contributed by atoms with Crippen molar-refractivity contribution in [3.05, 3.63) is 101 Å². The molecule has 0 bridgehead atoms. The van der Waals surface area contributed by atoms with Crippen LogP contribution in [0.25, 0.3) is 27.5 Å². The van der Waals surface area contributed by atoms with Crippen LogP contribution < -0.4 is 16.1 Å². The van der Waals surface area contributed by atoms with Crippen LogP contribution in [0.2, 0.25) is 0 Å². The van der Waals surface area contributed by atoms with Crippen LogP contribution in [0.4, 0.5) is 19.0 Å². The molecular formula is C28H21F3N4O4. The quantitative estimate of drug-likeness (QED) is 0.423. The van der Waals surface area contributed by atoms with Crippen LogP contribution >= 0.6 is 0 Å². The summed E-state index contributed by atoms with van der Waals surface area (Å²) in [4.78, 5) is 46.0. The summed E-state index contributed by atoms with van der Waals surface area (Å²) in [5.74, 6) is -2.22. The third-order valence-electron chi connectivity index (χ3n) is 6.42. The van der Waals surface area contributed by atoms with Crippen molar-refractivity contribution in [1.82, 2.24) is 14.6 Å². The van der Waals surface area contributed by atoms with Gasteiger partial charge in [-0.05, 0) is 58.8 Å². The van der Waals surface area contributed by atoms with Crippen LogP contribution in [0.3, 0.4) is 0 Å². The summed E-state index contributed by atoms with van der Waals surface area (Å²) in [6, 6.07) is 16.7. The monoisotopic (exact) mass is 534 g/mol. The highest BCUT2D eigenvalue weighted by atomic mass is 19.4. The Balaban J connectivity index is 1.29. The Morgan fingerprint density at radius 2 is 1.67 bits per heavy atom. The largest absolute Gasteiger partial charge is 0.493 e. The number of nitrogens with two attached hydrogens (primary N) is 1. The Labute approximate surface area is 219 Å². The molecule has 0 fully saturated rings. The second-order valence-corrected chi connectivity index (χ2v) is 8.90. The maximum atomic E-state index is 13.1. The Hall–Kier alpha value is -4.93. The number of hydrogen-bond donors (Lipinski definition) is 1. The summed E-state index contributed by atoms with van der Waals surface area (Å²) in [6.07, 6.45) is 0.0720. The molecule has 0 unspecified atom stereocenters. The fourth-order valence-electron chi connectivity index (χ4n) is 4.34. The highest BCUT2D eigenvalue weighted by Gasteiger charge is 2.42. The maximum Gasteiger partial charge on any atom is 0.493 e. The van der Waals surface area contributed by atoms with Gasteiger partial charge in [0.15, 0.2) is 0 Å². The molecule has 8 nitrogen and oxygen atoms in total. The van der Waals surface area contributed by atoms with Gasteiger partial charge in [-0.2, -0.15) is 13.2 Å². The summed E-state index contributed by atoms with van der Waals surface area (Å²) in [6.45, 7) is 0.939. The number of pyridine rings is 2. The minimum Gasteiger partial charge on any atom is -0.383 e. The number of nitrogen functional groups attached to an aromatic ring is 1. The lowest BCUT2D eigenvalue weighted by Gasteiger charge is -2.27. The lowest BCUT2D eigenvalue weighted by atomic mass is 9.96. The Bertz CT molecular complexity index is 1680. The van der Waals surface area contributed by atoms with Gasteiger partial charge in [0.25, 0.3) is 11.5 Å². The maximum absolute atomic E-state index is 13.1. The van der Waals surface area contributed by atoms with Crippen molar-refractivity contribution in [1.29, 1.82) is 0 Å². The van der Waals surface area contributed by atoms with E-state index in [1.54, 1.807) is 35.4 Å². The lowest BCUT2D eigenvalue weighted by molar-refractivity contribution is -0.200. The van der Waals surface area contributed by atoms with Crippen LogP contribution in [0, 0.1) is 0 Å². The van der Waals surface area contributed by atoms with E-state index in [1.807, 2.05) is 30.3 Å². The van der Waals surface area contributed by atoms with Crippen molar-refractivity contribution in [2.24, 2.45) is 0 Å². The summed E-state index contributed by atoms with van der Waals surface area (Å²) in [5, 5.41) is 1.88. The minimum absolute atomic E-state index is 0.173. The molecule has 0 spiro atoms. The molecule has 2 aromatic carbocycles. The van der Waals surface area contributed by atoms with Gasteiger partial charge in [-0.25, -0.2) is 9.78 Å². The van der Waals surface area contributed by atoms with E-state index >= 15 is 0 Å². The molecule has 2 N–H and O–H groups in total. The van der Waals surface area contributed by atoms with Crippen molar-refractivity contribution >= 4 is 34.0 Å². The van der Waals surface area contributed by atoms with E-state index in [0.29, 0.717) is 42.0 Å². The highest BCUT2D eigenvalue weighted by molar-refractivity contribution is 5.96. The van der Waals surface area contributed by atoms with Gasteiger partial charge in [-0.3, -0.25) is 9.59 Å². The summed E-state index contributed by atoms with van der Waals surface area (Å²) < 4.78 is 37.7. The fraction of sp³-hybridized carbons (Fsp3) is 0.143. The van der Waals surface area contributed by atoms with Gasteiger partial charge in [0, 0.05) is 41.9 Å². The summed E-state index contributed by atoms with van der Waals surface area (Å²) in [5.41, 5.74) is 8.47. The Morgan fingerprint density at radius 1 is 0.949 bits per heavy atom. The molecule has 1 amide bonds. The van der Waals surface area contributed by atoms with Crippen molar-refractivity contribution in [3.8, 4) is 11.1 Å². The first-order valence-corrected chi connectivity index (χ1v) is 11.9. The predicted molar refractivity (Wildman–Crippen MR) is 138 cm³/mol. The second kappa shape index (κ2) is 10.1. The number of alkyl halides is 3. The first kappa shape index (κ1) is 25.7. The van der Waals surface area contributed by atoms with E-state index in [2.05, 4.69) is 9.82 Å². The molecule has 4 aromatic rings. The number of aromatic nitrogens is 2. The van der Waals surface area contributed by atoms with E-state index in [1.165, 1.54) is 6.07 Å². The van der Waals surface area contributed by atoms with Crippen LogP contribution in [0.1, 0.15) is 22.3 Å². The number of halogens is 3. The molecule has 0 radical (unpaired) electrons. The van der Waals surface area contributed by atoms with E-state index in [4.69, 9.17) is 5.73 Å². The average Bonchev–Trinajstić information content (AvgIpc) is 2.93. The zero-order valence-corrected chi connectivity index (χ0v) is 20.3. The van der Waals surface area contributed by atoms with Gasteiger partial charge in [0.2, 0.25) is 0 Å². The fourth-order valence-corrected chi connectivity index (χ4v) is 4.34. The predicted octanol–water partition coefficient (Wildman–Crippen LogP) is 4.09. The van der Waals surface area contributed by atoms with Gasteiger partial charge in [-0.15, -0.1) is 4.73 Å². The molecule has 1 aliphatic heterocycles. The van der Waals surface area contributed by atoms with Crippen LogP contribution in [-0.2, 0) is 4.79 Å². The summed E-state index contributed by atoms with van der Waals surface area (Å²) in [7, 11) is 0. The number of carbonyl (C=O) groups is 2. The SMILES string of the molecule is Nc1nccc2ccc(C3=CCN(C(=O)c4ccc(-c5ccc(=O)n(OC(=O)C(F)(F)F)c5)cc4)CC3)cc12. The third kappa shape index (κ3) is 5.37.